The van der Waals surface area contributed by atoms with Gasteiger partial charge in [-0.15, -0.1) is 11.8 Å². The fourth-order valence-corrected chi connectivity index (χ4v) is 2.47. The standard InChI is InChI=1S/C15H19NO2S/c1-5-17-14-9-12(18-10(2)3)11-7-6-8-13(19-4)15(11)16-14/h6-10H,5H2,1-4H3. The number of ether oxygens (including phenoxy) is 2. The number of fused-ring (bicyclic) bond motifs is 1. The number of rotatable bonds is 5. The molecule has 19 heavy (non-hydrogen) atoms. The molecule has 0 saturated heterocycles. The van der Waals surface area contributed by atoms with Crippen molar-refractivity contribution in [1.29, 1.82) is 0 Å². The Kier molecular flexibility index (Phi) is 4.53. The third-order valence-electron chi connectivity index (χ3n) is 2.62. The topological polar surface area (TPSA) is 31.4 Å². The zero-order valence-corrected chi connectivity index (χ0v) is 12.6. The summed E-state index contributed by atoms with van der Waals surface area (Å²) in [6.45, 7) is 6.59. The fourth-order valence-electron chi connectivity index (χ4n) is 1.91. The van der Waals surface area contributed by atoms with Gasteiger partial charge in [0.2, 0.25) is 5.88 Å². The Morgan fingerprint density at radius 3 is 2.74 bits per heavy atom. The number of benzene rings is 1. The Labute approximate surface area is 118 Å². The van der Waals surface area contributed by atoms with Crippen LogP contribution in [0, 0.1) is 0 Å². The van der Waals surface area contributed by atoms with E-state index in [9.17, 15) is 0 Å². The van der Waals surface area contributed by atoms with Crippen molar-refractivity contribution >= 4 is 22.7 Å². The van der Waals surface area contributed by atoms with E-state index in [4.69, 9.17) is 9.47 Å². The van der Waals surface area contributed by atoms with E-state index in [0.29, 0.717) is 12.5 Å². The zero-order valence-electron chi connectivity index (χ0n) is 11.8. The van der Waals surface area contributed by atoms with Crippen LogP contribution < -0.4 is 9.47 Å². The molecule has 4 heteroatoms. The summed E-state index contributed by atoms with van der Waals surface area (Å²) in [7, 11) is 0. The first-order valence-electron chi connectivity index (χ1n) is 6.43. The molecule has 1 heterocycles. The Hall–Kier alpha value is -1.42. The van der Waals surface area contributed by atoms with Crippen LogP contribution in [0.2, 0.25) is 0 Å². The van der Waals surface area contributed by atoms with Gasteiger partial charge < -0.3 is 9.47 Å². The van der Waals surface area contributed by atoms with E-state index in [1.165, 1.54) is 0 Å². The Bertz CT molecular complexity index is 569. The largest absolute Gasteiger partial charge is 0.490 e. The third kappa shape index (κ3) is 3.13. The van der Waals surface area contributed by atoms with Crippen LogP contribution in [0.25, 0.3) is 10.9 Å². The van der Waals surface area contributed by atoms with Crippen molar-refractivity contribution in [3.05, 3.63) is 24.3 Å². The van der Waals surface area contributed by atoms with E-state index in [0.717, 1.165) is 21.5 Å². The van der Waals surface area contributed by atoms with E-state index < -0.39 is 0 Å². The Morgan fingerprint density at radius 2 is 2.11 bits per heavy atom. The van der Waals surface area contributed by atoms with Gasteiger partial charge in [0.1, 0.15) is 5.75 Å². The zero-order chi connectivity index (χ0) is 13.8. The van der Waals surface area contributed by atoms with Crippen molar-refractivity contribution in [2.45, 2.75) is 31.8 Å². The highest BCUT2D eigenvalue weighted by Crippen LogP contribution is 2.34. The number of aromatic nitrogens is 1. The first-order chi connectivity index (χ1) is 9.15. The Morgan fingerprint density at radius 1 is 1.32 bits per heavy atom. The molecule has 0 aliphatic rings. The summed E-state index contributed by atoms with van der Waals surface area (Å²) in [5.74, 6) is 1.45. The van der Waals surface area contributed by atoms with E-state index in [2.05, 4.69) is 11.1 Å². The molecule has 0 N–H and O–H groups in total. The molecule has 0 amide bonds. The lowest BCUT2D eigenvalue weighted by Crippen LogP contribution is -2.07. The number of hydrogen-bond donors (Lipinski definition) is 0. The molecule has 1 aromatic carbocycles. The first kappa shape index (κ1) is 14.0. The van der Waals surface area contributed by atoms with Crippen LogP contribution in [0.3, 0.4) is 0 Å². The second-order valence-corrected chi connectivity index (χ2v) is 5.26. The van der Waals surface area contributed by atoms with Gasteiger partial charge in [0, 0.05) is 16.3 Å². The molecule has 2 aromatic rings. The molecule has 0 unspecified atom stereocenters. The number of thioether (sulfide) groups is 1. The van der Waals surface area contributed by atoms with Gasteiger partial charge in [0.15, 0.2) is 0 Å². The van der Waals surface area contributed by atoms with Crippen molar-refractivity contribution in [2.24, 2.45) is 0 Å². The number of nitrogens with zero attached hydrogens (tertiary/aromatic N) is 1. The minimum absolute atomic E-state index is 0.123. The summed E-state index contributed by atoms with van der Waals surface area (Å²) in [6.07, 6.45) is 2.17. The lowest BCUT2D eigenvalue weighted by molar-refractivity contribution is 0.243. The van der Waals surface area contributed by atoms with Gasteiger partial charge in [0.05, 0.1) is 18.2 Å². The smallest absolute Gasteiger partial charge is 0.217 e. The minimum atomic E-state index is 0.123. The normalized spacial score (nSPS) is 11.0. The highest BCUT2D eigenvalue weighted by atomic mass is 32.2. The van der Waals surface area contributed by atoms with E-state index >= 15 is 0 Å². The van der Waals surface area contributed by atoms with Crippen molar-refractivity contribution in [2.75, 3.05) is 12.9 Å². The number of pyridine rings is 1. The summed E-state index contributed by atoms with van der Waals surface area (Å²) in [6, 6.07) is 8.00. The van der Waals surface area contributed by atoms with Gasteiger partial charge >= 0.3 is 0 Å². The highest BCUT2D eigenvalue weighted by molar-refractivity contribution is 7.98. The van der Waals surface area contributed by atoms with Crippen LogP contribution in [0.4, 0.5) is 0 Å². The molecular formula is C15H19NO2S. The van der Waals surface area contributed by atoms with Crippen molar-refractivity contribution < 1.29 is 9.47 Å². The average Bonchev–Trinajstić information content (AvgIpc) is 2.38. The van der Waals surface area contributed by atoms with E-state index in [1.54, 1.807) is 11.8 Å². The molecular weight excluding hydrogens is 258 g/mol. The van der Waals surface area contributed by atoms with Crippen molar-refractivity contribution in [1.82, 2.24) is 4.98 Å². The van der Waals surface area contributed by atoms with E-state index in [-0.39, 0.29) is 6.10 Å². The summed E-state index contributed by atoms with van der Waals surface area (Å²) in [4.78, 5) is 5.71. The van der Waals surface area contributed by atoms with Gasteiger partial charge in [-0.05, 0) is 39.2 Å². The summed E-state index contributed by atoms with van der Waals surface area (Å²) in [5.41, 5.74) is 0.941. The number of para-hydroxylation sites is 1. The van der Waals surface area contributed by atoms with Crippen LogP contribution in [0.5, 0.6) is 11.6 Å². The van der Waals surface area contributed by atoms with Crippen LogP contribution in [0.15, 0.2) is 29.2 Å². The molecule has 0 aliphatic heterocycles. The van der Waals surface area contributed by atoms with Gasteiger partial charge in [-0.1, -0.05) is 6.07 Å². The van der Waals surface area contributed by atoms with Crippen molar-refractivity contribution in [3.8, 4) is 11.6 Å². The quantitative estimate of drug-likeness (QED) is 0.769. The van der Waals surface area contributed by atoms with Crippen molar-refractivity contribution in [3.63, 3.8) is 0 Å². The average molecular weight is 277 g/mol. The lowest BCUT2D eigenvalue weighted by atomic mass is 10.2. The SMILES string of the molecule is CCOc1cc(OC(C)C)c2cccc(SC)c2n1. The molecule has 0 bridgehead atoms. The molecule has 0 saturated carbocycles. The molecule has 0 spiro atoms. The summed E-state index contributed by atoms with van der Waals surface area (Å²) in [5, 5.41) is 1.03. The van der Waals surface area contributed by atoms with Crippen LogP contribution >= 0.6 is 11.8 Å². The molecule has 0 aliphatic carbocycles. The Balaban J connectivity index is 2.63. The van der Waals surface area contributed by atoms with Gasteiger partial charge in [-0.25, -0.2) is 4.98 Å². The first-order valence-corrected chi connectivity index (χ1v) is 7.65. The second kappa shape index (κ2) is 6.15. The third-order valence-corrected chi connectivity index (χ3v) is 3.39. The lowest BCUT2D eigenvalue weighted by Gasteiger charge is -2.15. The van der Waals surface area contributed by atoms with Gasteiger partial charge in [0.25, 0.3) is 0 Å². The predicted octanol–water partition coefficient (Wildman–Crippen LogP) is 4.14. The highest BCUT2D eigenvalue weighted by Gasteiger charge is 2.11. The fraction of sp³-hybridized carbons (Fsp3) is 0.400. The molecule has 2 rings (SSSR count). The maximum absolute atomic E-state index is 5.88. The van der Waals surface area contributed by atoms with Gasteiger partial charge in [-0.3, -0.25) is 0 Å². The predicted molar refractivity (Wildman–Crippen MR) is 80.5 cm³/mol. The molecule has 0 fully saturated rings. The molecule has 0 radical (unpaired) electrons. The molecule has 102 valence electrons. The van der Waals surface area contributed by atoms with E-state index in [1.807, 2.05) is 45.2 Å². The van der Waals surface area contributed by atoms with Crippen LogP contribution in [-0.4, -0.2) is 24.0 Å². The maximum Gasteiger partial charge on any atom is 0.217 e. The molecule has 0 atom stereocenters. The minimum Gasteiger partial charge on any atom is -0.490 e. The molecule has 3 nitrogen and oxygen atoms in total. The van der Waals surface area contributed by atoms with Crippen LogP contribution in [0.1, 0.15) is 20.8 Å². The maximum atomic E-state index is 5.88. The monoisotopic (exact) mass is 277 g/mol. The summed E-state index contributed by atoms with van der Waals surface area (Å²) >= 11 is 1.68. The number of hydrogen-bond acceptors (Lipinski definition) is 4. The second-order valence-electron chi connectivity index (χ2n) is 4.41. The molecule has 1 aromatic heterocycles. The summed E-state index contributed by atoms with van der Waals surface area (Å²) < 4.78 is 11.4. The van der Waals surface area contributed by atoms with Crippen LogP contribution in [-0.2, 0) is 0 Å². The van der Waals surface area contributed by atoms with Gasteiger partial charge in [-0.2, -0.15) is 0 Å².